The van der Waals surface area contributed by atoms with E-state index in [0.717, 1.165) is 6.07 Å². The first-order chi connectivity index (χ1) is 7.20. The summed E-state index contributed by atoms with van der Waals surface area (Å²) in [6, 6.07) is 2.21. The van der Waals surface area contributed by atoms with E-state index < -0.39 is 17.7 Å². The van der Waals surface area contributed by atoms with Crippen molar-refractivity contribution in [1.29, 1.82) is 0 Å². The molecule has 90 valence electrons. The van der Waals surface area contributed by atoms with Crippen LogP contribution in [-0.4, -0.2) is 5.11 Å². The smallest absolute Gasteiger partial charge is 0.131 e. The first-order valence-electron chi connectivity index (χ1n) is 5.34. The van der Waals surface area contributed by atoms with Gasteiger partial charge in [0.15, 0.2) is 0 Å². The quantitative estimate of drug-likeness (QED) is 0.817. The van der Waals surface area contributed by atoms with Crippen molar-refractivity contribution in [1.82, 2.24) is 0 Å². The fourth-order valence-electron chi connectivity index (χ4n) is 1.62. The third-order valence-corrected chi connectivity index (χ3v) is 2.44. The zero-order chi connectivity index (χ0) is 12.5. The molecule has 1 aromatic carbocycles. The van der Waals surface area contributed by atoms with Crippen LogP contribution in [0.3, 0.4) is 0 Å². The number of aliphatic hydroxyl groups excluding tert-OH is 1. The van der Waals surface area contributed by atoms with Gasteiger partial charge >= 0.3 is 0 Å². The number of benzene rings is 1. The van der Waals surface area contributed by atoms with E-state index >= 15 is 0 Å². The number of hydrogen-bond donors (Lipinski definition) is 1. The normalized spacial score (nSPS) is 13.9. The molecule has 0 aliphatic rings. The monoisotopic (exact) mass is 228 g/mol. The van der Waals surface area contributed by atoms with Crippen LogP contribution in [0.1, 0.15) is 44.4 Å². The number of rotatable bonds is 2. The molecule has 0 saturated carbocycles. The molecule has 0 saturated heterocycles. The maximum atomic E-state index is 13.5. The van der Waals surface area contributed by atoms with E-state index in [4.69, 9.17) is 0 Å². The third-order valence-electron chi connectivity index (χ3n) is 2.44. The van der Waals surface area contributed by atoms with E-state index in [1.807, 2.05) is 20.8 Å². The Balaban J connectivity index is 3.00. The third kappa shape index (κ3) is 3.27. The minimum atomic E-state index is -0.890. The Labute approximate surface area is 95.1 Å². The largest absolute Gasteiger partial charge is 0.388 e. The predicted molar refractivity (Wildman–Crippen MR) is 60.1 cm³/mol. The van der Waals surface area contributed by atoms with Gasteiger partial charge in [-0.05, 0) is 30.4 Å². The van der Waals surface area contributed by atoms with Crippen molar-refractivity contribution in [2.24, 2.45) is 5.41 Å². The molecule has 0 aliphatic heterocycles. The first kappa shape index (κ1) is 13.1. The maximum absolute atomic E-state index is 13.5. The van der Waals surface area contributed by atoms with Crippen LogP contribution in [0.4, 0.5) is 8.78 Å². The number of halogens is 2. The molecule has 1 N–H and O–H groups in total. The molecular weight excluding hydrogens is 210 g/mol. The highest BCUT2D eigenvalue weighted by Gasteiger charge is 2.21. The van der Waals surface area contributed by atoms with Gasteiger partial charge < -0.3 is 5.11 Å². The molecule has 0 aromatic heterocycles. The molecule has 0 radical (unpaired) electrons. The zero-order valence-corrected chi connectivity index (χ0v) is 10.1. The molecule has 0 bridgehead atoms. The Morgan fingerprint density at radius 3 is 2.25 bits per heavy atom. The molecule has 0 heterocycles. The molecule has 1 nitrogen and oxygen atoms in total. The van der Waals surface area contributed by atoms with Crippen molar-refractivity contribution >= 4 is 0 Å². The summed E-state index contributed by atoms with van der Waals surface area (Å²) in [5.41, 5.74) is 0.423. The second kappa shape index (κ2) is 4.50. The fraction of sp³-hybridized carbons (Fsp3) is 0.538. The standard InChI is InChI=1S/C13H18F2O/c1-8-5-9(11(15)6-10(8)14)12(16)7-13(2,3)4/h5-6,12,16H,7H2,1-4H3. The van der Waals surface area contributed by atoms with E-state index in [9.17, 15) is 13.9 Å². The lowest BCUT2D eigenvalue weighted by atomic mass is 9.86. The lowest BCUT2D eigenvalue weighted by Gasteiger charge is -2.23. The number of aryl methyl sites for hydroxylation is 1. The van der Waals surface area contributed by atoms with Crippen LogP contribution < -0.4 is 0 Å². The van der Waals surface area contributed by atoms with Crippen LogP contribution >= 0.6 is 0 Å². The van der Waals surface area contributed by atoms with Crippen molar-refractivity contribution in [3.8, 4) is 0 Å². The molecule has 3 heteroatoms. The molecule has 1 aromatic rings. The van der Waals surface area contributed by atoms with Gasteiger partial charge in [-0.2, -0.15) is 0 Å². The van der Waals surface area contributed by atoms with Gasteiger partial charge in [-0.25, -0.2) is 8.78 Å². The van der Waals surface area contributed by atoms with Crippen molar-refractivity contribution < 1.29 is 13.9 Å². The van der Waals surface area contributed by atoms with Gasteiger partial charge in [0.25, 0.3) is 0 Å². The summed E-state index contributed by atoms with van der Waals surface area (Å²) in [4.78, 5) is 0. The van der Waals surface area contributed by atoms with E-state index in [-0.39, 0.29) is 11.0 Å². The summed E-state index contributed by atoms with van der Waals surface area (Å²) in [5, 5.41) is 9.89. The summed E-state index contributed by atoms with van der Waals surface area (Å²) in [5.74, 6) is -1.26. The number of hydrogen-bond acceptors (Lipinski definition) is 1. The van der Waals surface area contributed by atoms with Crippen molar-refractivity contribution in [3.05, 3.63) is 34.9 Å². The van der Waals surface area contributed by atoms with Crippen LogP contribution in [0.5, 0.6) is 0 Å². The van der Waals surface area contributed by atoms with Crippen LogP contribution in [0.2, 0.25) is 0 Å². The molecule has 1 atom stereocenters. The first-order valence-corrected chi connectivity index (χ1v) is 5.34. The topological polar surface area (TPSA) is 20.2 Å². The van der Waals surface area contributed by atoms with Crippen molar-refractivity contribution in [3.63, 3.8) is 0 Å². The van der Waals surface area contributed by atoms with Gasteiger partial charge in [0.2, 0.25) is 0 Å². The van der Waals surface area contributed by atoms with Crippen LogP contribution in [0, 0.1) is 24.0 Å². The Bertz CT molecular complexity index is 380. The highest BCUT2D eigenvalue weighted by atomic mass is 19.1. The van der Waals surface area contributed by atoms with E-state index in [1.165, 1.54) is 6.07 Å². The molecule has 0 fully saturated rings. The van der Waals surface area contributed by atoms with E-state index in [2.05, 4.69) is 0 Å². The molecular formula is C13H18F2O. The Morgan fingerprint density at radius 2 is 1.75 bits per heavy atom. The minimum absolute atomic E-state index is 0.103. The lowest BCUT2D eigenvalue weighted by Crippen LogP contribution is -2.13. The summed E-state index contributed by atoms with van der Waals surface area (Å²) < 4.78 is 26.5. The van der Waals surface area contributed by atoms with Crippen LogP contribution in [0.15, 0.2) is 12.1 Å². The fourth-order valence-corrected chi connectivity index (χ4v) is 1.62. The van der Waals surface area contributed by atoms with Gasteiger partial charge in [0.1, 0.15) is 11.6 Å². The SMILES string of the molecule is Cc1cc(C(O)CC(C)(C)C)c(F)cc1F. The predicted octanol–water partition coefficient (Wildman–Crippen LogP) is 3.74. The van der Waals surface area contributed by atoms with Gasteiger partial charge in [-0.1, -0.05) is 20.8 Å². The molecule has 1 unspecified atom stereocenters. The summed E-state index contributed by atoms with van der Waals surface area (Å²) in [6.07, 6.45) is -0.450. The highest BCUT2D eigenvalue weighted by molar-refractivity contribution is 5.27. The molecule has 0 aliphatic carbocycles. The highest BCUT2D eigenvalue weighted by Crippen LogP contribution is 2.31. The number of aliphatic hydroxyl groups is 1. The summed E-state index contributed by atoms with van der Waals surface area (Å²) >= 11 is 0. The van der Waals surface area contributed by atoms with Gasteiger partial charge in [0, 0.05) is 11.6 Å². The van der Waals surface area contributed by atoms with Gasteiger partial charge in [-0.3, -0.25) is 0 Å². The molecule has 0 spiro atoms. The minimum Gasteiger partial charge on any atom is -0.388 e. The summed E-state index contributed by atoms with van der Waals surface area (Å²) in [6.45, 7) is 7.45. The average Bonchev–Trinajstić information content (AvgIpc) is 2.08. The van der Waals surface area contributed by atoms with Crippen molar-refractivity contribution in [2.75, 3.05) is 0 Å². The average molecular weight is 228 g/mol. The summed E-state index contributed by atoms with van der Waals surface area (Å²) in [7, 11) is 0. The lowest BCUT2D eigenvalue weighted by molar-refractivity contribution is 0.118. The Morgan fingerprint density at radius 1 is 1.19 bits per heavy atom. The zero-order valence-electron chi connectivity index (χ0n) is 10.1. The Kier molecular flexibility index (Phi) is 3.68. The van der Waals surface area contributed by atoms with Crippen LogP contribution in [-0.2, 0) is 0 Å². The molecule has 16 heavy (non-hydrogen) atoms. The maximum Gasteiger partial charge on any atom is 0.131 e. The van der Waals surface area contributed by atoms with Crippen molar-refractivity contribution in [2.45, 2.75) is 40.2 Å². The molecule has 1 rings (SSSR count). The second-order valence-electron chi connectivity index (χ2n) is 5.40. The molecule has 0 amide bonds. The van der Waals surface area contributed by atoms with E-state index in [0.29, 0.717) is 12.0 Å². The Hall–Kier alpha value is -0.960. The second-order valence-corrected chi connectivity index (χ2v) is 5.40. The van der Waals surface area contributed by atoms with Gasteiger partial charge in [-0.15, -0.1) is 0 Å². The van der Waals surface area contributed by atoms with Gasteiger partial charge in [0.05, 0.1) is 6.10 Å². The van der Waals surface area contributed by atoms with E-state index in [1.54, 1.807) is 6.92 Å². The van der Waals surface area contributed by atoms with Crippen LogP contribution in [0.25, 0.3) is 0 Å².